The summed E-state index contributed by atoms with van der Waals surface area (Å²) in [7, 11) is 0. The molecule has 1 unspecified atom stereocenters. The normalized spacial score (nSPS) is 21.5. The van der Waals surface area contributed by atoms with Gasteiger partial charge in [-0.3, -0.25) is 4.98 Å². The standard InChI is InChI=1S/C12H18N2O/c1-2-7-14-12(5-1)10-15-9-11-4-3-6-13-8-11/h3-4,6,8,12,14H,1-2,5,7,9-10H2. The second kappa shape index (κ2) is 5.83. The number of piperidine rings is 1. The van der Waals surface area contributed by atoms with Crippen molar-refractivity contribution in [1.82, 2.24) is 10.3 Å². The highest BCUT2D eigenvalue weighted by molar-refractivity contribution is 5.06. The molecular weight excluding hydrogens is 188 g/mol. The average Bonchev–Trinajstić information content (AvgIpc) is 2.32. The molecule has 1 aromatic rings. The molecule has 0 saturated carbocycles. The van der Waals surface area contributed by atoms with Gasteiger partial charge in [0.25, 0.3) is 0 Å². The van der Waals surface area contributed by atoms with Gasteiger partial charge in [0, 0.05) is 18.4 Å². The third kappa shape index (κ3) is 3.61. The first-order valence-electron chi connectivity index (χ1n) is 5.65. The first-order chi connectivity index (χ1) is 7.45. The Hall–Kier alpha value is -0.930. The minimum absolute atomic E-state index is 0.551. The Morgan fingerprint density at radius 3 is 3.20 bits per heavy atom. The van der Waals surface area contributed by atoms with Crippen molar-refractivity contribution < 1.29 is 4.74 Å². The van der Waals surface area contributed by atoms with Gasteiger partial charge in [0.2, 0.25) is 0 Å². The Labute approximate surface area is 90.9 Å². The maximum absolute atomic E-state index is 5.66. The molecule has 15 heavy (non-hydrogen) atoms. The van der Waals surface area contributed by atoms with E-state index in [1.54, 1.807) is 6.20 Å². The minimum atomic E-state index is 0.551. The van der Waals surface area contributed by atoms with Gasteiger partial charge in [-0.05, 0) is 31.0 Å². The quantitative estimate of drug-likeness (QED) is 0.814. The number of rotatable bonds is 4. The van der Waals surface area contributed by atoms with Crippen LogP contribution in [-0.4, -0.2) is 24.2 Å². The molecule has 3 nitrogen and oxygen atoms in total. The fourth-order valence-electron chi connectivity index (χ4n) is 1.87. The molecule has 0 radical (unpaired) electrons. The third-order valence-electron chi connectivity index (χ3n) is 2.72. The Morgan fingerprint density at radius 1 is 1.47 bits per heavy atom. The van der Waals surface area contributed by atoms with Gasteiger partial charge in [-0.2, -0.15) is 0 Å². The molecule has 0 aliphatic carbocycles. The Kier molecular flexibility index (Phi) is 4.11. The van der Waals surface area contributed by atoms with Crippen LogP contribution in [0.1, 0.15) is 24.8 Å². The Balaban J connectivity index is 1.66. The van der Waals surface area contributed by atoms with E-state index in [2.05, 4.69) is 10.3 Å². The average molecular weight is 206 g/mol. The van der Waals surface area contributed by atoms with E-state index in [4.69, 9.17) is 4.74 Å². The highest BCUT2D eigenvalue weighted by Gasteiger charge is 2.11. The van der Waals surface area contributed by atoms with Crippen LogP contribution in [0.2, 0.25) is 0 Å². The summed E-state index contributed by atoms with van der Waals surface area (Å²) in [5.41, 5.74) is 1.15. The van der Waals surface area contributed by atoms with Crippen molar-refractivity contribution in [3.05, 3.63) is 30.1 Å². The first kappa shape index (κ1) is 10.6. The van der Waals surface area contributed by atoms with Gasteiger partial charge in [0.1, 0.15) is 0 Å². The van der Waals surface area contributed by atoms with E-state index in [0.717, 1.165) is 18.7 Å². The van der Waals surface area contributed by atoms with E-state index < -0.39 is 0 Å². The number of nitrogens with zero attached hydrogens (tertiary/aromatic N) is 1. The van der Waals surface area contributed by atoms with E-state index in [-0.39, 0.29) is 0 Å². The number of nitrogens with one attached hydrogen (secondary N) is 1. The SMILES string of the molecule is c1cncc(COCC2CCCCN2)c1. The van der Waals surface area contributed by atoms with Gasteiger partial charge in [0.15, 0.2) is 0 Å². The predicted molar refractivity (Wildman–Crippen MR) is 59.5 cm³/mol. The van der Waals surface area contributed by atoms with Gasteiger partial charge >= 0.3 is 0 Å². The molecule has 0 spiro atoms. The summed E-state index contributed by atoms with van der Waals surface area (Å²) in [6, 6.07) is 4.54. The van der Waals surface area contributed by atoms with Gasteiger partial charge in [-0.25, -0.2) is 0 Å². The molecule has 1 N–H and O–H groups in total. The Bertz CT molecular complexity index is 270. The summed E-state index contributed by atoms with van der Waals surface area (Å²) in [6.45, 7) is 2.63. The second-order valence-electron chi connectivity index (χ2n) is 4.02. The molecule has 0 amide bonds. The van der Waals surface area contributed by atoms with Gasteiger partial charge in [0.05, 0.1) is 13.2 Å². The van der Waals surface area contributed by atoms with Crippen molar-refractivity contribution in [2.24, 2.45) is 0 Å². The summed E-state index contributed by atoms with van der Waals surface area (Å²) in [5, 5.41) is 3.46. The van der Waals surface area contributed by atoms with Gasteiger partial charge in [-0.15, -0.1) is 0 Å². The van der Waals surface area contributed by atoms with E-state index in [9.17, 15) is 0 Å². The van der Waals surface area contributed by atoms with Crippen molar-refractivity contribution in [3.63, 3.8) is 0 Å². The van der Waals surface area contributed by atoms with Crippen LogP contribution in [0.3, 0.4) is 0 Å². The van der Waals surface area contributed by atoms with Crippen LogP contribution < -0.4 is 5.32 Å². The summed E-state index contributed by atoms with van der Waals surface area (Å²) in [6.07, 6.45) is 7.51. The molecule has 2 rings (SSSR count). The van der Waals surface area contributed by atoms with E-state index in [1.807, 2.05) is 18.3 Å². The van der Waals surface area contributed by atoms with Crippen molar-refractivity contribution in [2.45, 2.75) is 31.9 Å². The lowest BCUT2D eigenvalue weighted by atomic mass is 10.1. The van der Waals surface area contributed by atoms with Crippen molar-refractivity contribution >= 4 is 0 Å². The molecule has 0 aromatic carbocycles. The third-order valence-corrected chi connectivity index (χ3v) is 2.72. The molecule has 82 valence electrons. The molecule has 3 heteroatoms. The topological polar surface area (TPSA) is 34.1 Å². The first-order valence-corrected chi connectivity index (χ1v) is 5.65. The lowest BCUT2D eigenvalue weighted by Gasteiger charge is -2.23. The van der Waals surface area contributed by atoms with Crippen molar-refractivity contribution in [2.75, 3.05) is 13.2 Å². The number of aromatic nitrogens is 1. The maximum atomic E-state index is 5.66. The van der Waals surface area contributed by atoms with Crippen LogP contribution in [0.25, 0.3) is 0 Å². The maximum Gasteiger partial charge on any atom is 0.0732 e. The van der Waals surface area contributed by atoms with Crippen molar-refractivity contribution in [1.29, 1.82) is 0 Å². The van der Waals surface area contributed by atoms with E-state index >= 15 is 0 Å². The summed E-state index contributed by atoms with van der Waals surface area (Å²) < 4.78 is 5.66. The van der Waals surface area contributed by atoms with Crippen LogP contribution in [0, 0.1) is 0 Å². The van der Waals surface area contributed by atoms with Crippen LogP contribution in [0.15, 0.2) is 24.5 Å². The molecule has 1 atom stereocenters. The van der Waals surface area contributed by atoms with Crippen LogP contribution in [-0.2, 0) is 11.3 Å². The second-order valence-corrected chi connectivity index (χ2v) is 4.02. The highest BCUT2D eigenvalue weighted by Crippen LogP contribution is 2.08. The zero-order valence-electron chi connectivity index (χ0n) is 8.98. The van der Waals surface area contributed by atoms with E-state index in [0.29, 0.717) is 12.6 Å². The highest BCUT2D eigenvalue weighted by atomic mass is 16.5. The summed E-state index contributed by atoms with van der Waals surface area (Å²) in [5.74, 6) is 0. The summed E-state index contributed by atoms with van der Waals surface area (Å²) >= 11 is 0. The summed E-state index contributed by atoms with van der Waals surface area (Å²) in [4.78, 5) is 4.05. The fraction of sp³-hybridized carbons (Fsp3) is 0.583. The smallest absolute Gasteiger partial charge is 0.0732 e. The fourth-order valence-corrected chi connectivity index (χ4v) is 1.87. The molecular formula is C12H18N2O. The van der Waals surface area contributed by atoms with Gasteiger partial charge in [-0.1, -0.05) is 12.5 Å². The molecule has 1 saturated heterocycles. The molecule has 1 aliphatic rings. The van der Waals surface area contributed by atoms with Crippen LogP contribution >= 0.6 is 0 Å². The minimum Gasteiger partial charge on any atom is -0.375 e. The molecule has 2 heterocycles. The number of hydrogen-bond donors (Lipinski definition) is 1. The molecule has 0 bridgehead atoms. The zero-order valence-corrected chi connectivity index (χ0v) is 8.98. The zero-order chi connectivity index (χ0) is 10.3. The molecule has 1 aliphatic heterocycles. The number of ether oxygens (including phenoxy) is 1. The Morgan fingerprint density at radius 2 is 2.47 bits per heavy atom. The van der Waals surface area contributed by atoms with E-state index in [1.165, 1.54) is 19.3 Å². The molecule has 1 aromatic heterocycles. The largest absolute Gasteiger partial charge is 0.375 e. The monoisotopic (exact) mass is 206 g/mol. The van der Waals surface area contributed by atoms with Crippen molar-refractivity contribution in [3.8, 4) is 0 Å². The predicted octanol–water partition coefficient (Wildman–Crippen LogP) is 1.74. The lowest BCUT2D eigenvalue weighted by molar-refractivity contribution is 0.0910. The van der Waals surface area contributed by atoms with Crippen LogP contribution in [0.5, 0.6) is 0 Å². The van der Waals surface area contributed by atoms with Gasteiger partial charge < -0.3 is 10.1 Å². The lowest BCUT2D eigenvalue weighted by Crippen LogP contribution is -2.37. The number of pyridine rings is 1. The van der Waals surface area contributed by atoms with Crippen LogP contribution in [0.4, 0.5) is 0 Å². The number of hydrogen-bond acceptors (Lipinski definition) is 3. The molecule has 1 fully saturated rings.